The average Bonchev–Trinajstić information content (AvgIpc) is 3.57. The number of aromatic nitrogens is 2. The van der Waals surface area contributed by atoms with Crippen LogP contribution < -0.4 is 5.32 Å². The van der Waals surface area contributed by atoms with E-state index >= 15 is 0 Å². The second kappa shape index (κ2) is 5.90. The molecule has 1 aliphatic heterocycles. The van der Waals surface area contributed by atoms with E-state index in [-0.39, 0.29) is 6.03 Å². The predicted octanol–water partition coefficient (Wildman–Crippen LogP) is 3.55. The third kappa shape index (κ3) is 2.92. The molecule has 3 heterocycles. The number of H-pyrrole nitrogens is 1. The number of aromatic amines is 1. The van der Waals surface area contributed by atoms with E-state index in [2.05, 4.69) is 27.4 Å². The SMILES string of the molecule is O=C(NC(C1CC1)C1CC1)N1CC=C(c2c[nH]c3ncccc23)CC1. The van der Waals surface area contributed by atoms with Gasteiger partial charge in [0.05, 0.1) is 0 Å². The topological polar surface area (TPSA) is 61.0 Å². The van der Waals surface area contributed by atoms with E-state index in [1.165, 1.54) is 36.8 Å². The maximum absolute atomic E-state index is 12.6. The monoisotopic (exact) mass is 336 g/mol. The van der Waals surface area contributed by atoms with Crippen LogP contribution in [0.15, 0.2) is 30.6 Å². The molecule has 0 atom stereocenters. The molecule has 0 bridgehead atoms. The molecule has 0 aromatic carbocycles. The van der Waals surface area contributed by atoms with Gasteiger partial charge >= 0.3 is 6.03 Å². The number of carbonyl (C=O) groups excluding carboxylic acids is 1. The molecule has 25 heavy (non-hydrogen) atoms. The minimum atomic E-state index is 0.125. The third-order valence-electron chi connectivity index (χ3n) is 5.84. The van der Waals surface area contributed by atoms with Crippen LogP contribution in [0.2, 0.25) is 0 Å². The third-order valence-corrected chi connectivity index (χ3v) is 5.84. The molecule has 2 fully saturated rings. The van der Waals surface area contributed by atoms with Gasteiger partial charge in [-0.15, -0.1) is 0 Å². The molecule has 0 radical (unpaired) electrons. The summed E-state index contributed by atoms with van der Waals surface area (Å²) < 4.78 is 0. The summed E-state index contributed by atoms with van der Waals surface area (Å²) in [7, 11) is 0. The Labute approximate surface area is 147 Å². The summed E-state index contributed by atoms with van der Waals surface area (Å²) in [5, 5.41) is 4.49. The van der Waals surface area contributed by atoms with E-state index < -0.39 is 0 Å². The standard InChI is InChI=1S/C20H24N4O/c25-20(23-18(14-3-4-14)15-5-6-15)24-10-7-13(8-11-24)17-12-22-19-16(17)2-1-9-21-19/h1-2,7,9,12,14-15,18H,3-6,8,10-11H2,(H,21,22)(H,23,25). The first-order chi connectivity index (χ1) is 12.3. The van der Waals surface area contributed by atoms with E-state index in [1.54, 1.807) is 6.20 Å². The van der Waals surface area contributed by atoms with Crippen molar-refractivity contribution in [2.24, 2.45) is 11.8 Å². The highest BCUT2D eigenvalue weighted by atomic mass is 16.2. The summed E-state index contributed by atoms with van der Waals surface area (Å²) in [5.74, 6) is 1.48. The largest absolute Gasteiger partial charge is 0.346 e. The quantitative estimate of drug-likeness (QED) is 0.897. The maximum atomic E-state index is 12.6. The van der Waals surface area contributed by atoms with Crippen molar-refractivity contribution in [1.82, 2.24) is 20.2 Å². The minimum Gasteiger partial charge on any atom is -0.346 e. The molecule has 2 aliphatic carbocycles. The molecule has 0 saturated heterocycles. The Kier molecular flexibility index (Phi) is 3.54. The first-order valence-electron chi connectivity index (χ1n) is 9.46. The van der Waals surface area contributed by atoms with Gasteiger partial charge in [-0.25, -0.2) is 9.78 Å². The molecule has 5 rings (SSSR count). The van der Waals surface area contributed by atoms with Gasteiger partial charge in [0.15, 0.2) is 0 Å². The first kappa shape index (κ1) is 15.0. The zero-order valence-corrected chi connectivity index (χ0v) is 14.4. The molecule has 5 heteroatoms. The number of nitrogens with one attached hydrogen (secondary N) is 2. The summed E-state index contributed by atoms with van der Waals surface area (Å²) in [6, 6.07) is 4.63. The number of carbonyl (C=O) groups is 1. The Hall–Kier alpha value is -2.30. The van der Waals surface area contributed by atoms with Crippen LogP contribution in [0, 0.1) is 11.8 Å². The first-order valence-corrected chi connectivity index (χ1v) is 9.46. The molecule has 0 unspecified atom stereocenters. The fraction of sp³-hybridized carbons (Fsp3) is 0.500. The summed E-state index contributed by atoms with van der Waals surface area (Å²) >= 11 is 0. The van der Waals surface area contributed by atoms with E-state index in [0.717, 1.165) is 35.8 Å². The zero-order valence-electron chi connectivity index (χ0n) is 14.4. The Balaban J connectivity index is 1.27. The lowest BCUT2D eigenvalue weighted by Crippen LogP contribution is -2.47. The lowest BCUT2D eigenvalue weighted by atomic mass is 10.00. The van der Waals surface area contributed by atoms with Crippen LogP contribution in [-0.4, -0.2) is 40.0 Å². The second-order valence-electron chi connectivity index (χ2n) is 7.68. The molecule has 2 saturated carbocycles. The summed E-state index contributed by atoms with van der Waals surface area (Å²) in [6.07, 6.45) is 12.1. The lowest BCUT2D eigenvalue weighted by Gasteiger charge is -2.29. The van der Waals surface area contributed by atoms with Gasteiger partial charge in [0.25, 0.3) is 0 Å². The van der Waals surface area contributed by atoms with Gasteiger partial charge in [-0.2, -0.15) is 0 Å². The van der Waals surface area contributed by atoms with E-state index in [0.29, 0.717) is 12.6 Å². The molecule has 2 aromatic heterocycles. The zero-order chi connectivity index (χ0) is 16.8. The van der Waals surface area contributed by atoms with Crippen molar-refractivity contribution in [3.63, 3.8) is 0 Å². The summed E-state index contributed by atoms with van der Waals surface area (Å²) in [4.78, 5) is 22.2. The smallest absolute Gasteiger partial charge is 0.317 e. The maximum Gasteiger partial charge on any atom is 0.317 e. The number of rotatable bonds is 4. The van der Waals surface area contributed by atoms with Crippen molar-refractivity contribution in [2.45, 2.75) is 38.1 Å². The molecular weight excluding hydrogens is 312 g/mol. The molecule has 130 valence electrons. The molecule has 2 amide bonds. The van der Waals surface area contributed by atoms with Crippen LogP contribution >= 0.6 is 0 Å². The van der Waals surface area contributed by atoms with Crippen LogP contribution in [0.25, 0.3) is 16.6 Å². The Morgan fingerprint density at radius 3 is 2.76 bits per heavy atom. The van der Waals surface area contributed by atoms with Crippen LogP contribution in [-0.2, 0) is 0 Å². The van der Waals surface area contributed by atoms with E-state index in [4.69, 9.17) is 0 Å². The van der Waals surface area contributed by atoms with Crippen LogP contribution in [0.3, 0.4) is 0 Å². The fourth-order valence-electron chi connectivity index (χ4n) is 4.08. The molecule has 5 nitrogen and oxygen atoms in total. The van der Waals surface area contributed by atoms with E-state index in [1.807, 2.05) is 17.2 Å². The number of amides is 2. The summed E-state index contributed by atoms with van der Waals surface area (Å²) in [6.45, 7) is 1.48. The van der Waals surface area contributed by atoms with Gasteiger partial charge in [0.1, 0.15) is 5.65 Å². The average molecular weight is 336 g/mol. The molecule has 2 N–H and O–H groups in total. The van der Waals surface area contributed by atoms with Crippen LogP contribution in [0.5, 0.6) is 0 Å². The fourth-order valence-corrected chi connectivity index (χ4v) is 4.08. The number of fused-ring (bicyclic) bond motifs is 1. The number of urea groups is 1. The van der Waals surface area contributed by atoms with Gasteiger partial charge in [-0.05, 0) is 61.6 Å². The molecule has 2 aromatic rings. The van der Waals surface area contributed by atoms with Crippen molar-refractivity contribution < 1.29 is 4.79 Å². The number of pyridine rings is 1. The minimum absolute atomic E-state index is 0.125. The normalized spacial score (nSPS) is 20.8. The van der Waals surface area contributed by atoms with Crippen molar-refractivity contribution >= 4 is 22.6 Å². The number of hydrogen-bond donors (Lipinski definition) is 2. The van der Waals surface area contributed by atoms with Gasteiger partial charge in [-0.3, -0.25) is 0 Å². The summed E-state index contributed by atoms with van der Waals surface area (Å²) in [5.41, 5.74) is 3.46. The predicted molar refractivity (Wildman–Crippen MR) is 98.0 cm³/mol. The van der Waals surface area contributed by atoms with Gasteiger partial charge in [0, 0.05) is 42.5 Å². The Bertz CT molecular complexity index is 819. The van der Waals surface area contributed by atoms with Crippen LogP contribution in [0.1, 0.15) is 37.7 Å². The molecule has 3 aliphatic rings. The van der Waals surface area contributed by atoms with Crippen molar-refractivity contribution in [1.29, 1.82) is 0 Å². The van der Waals surface area contributed by atoms with Crippen molar-refractivity contribution in [2.75, 3.05) is 13.1 Å². The number of nitrogens with zero attached hydrogens (tertiary/aromatic N) is 2. The van der Waals surface area contributed by atoms with Gasteiger partial charge in [0.2, 0.25) is 0 Å². The van der Waals surface area contributed by atoms with Crippen LogP contribution in [0.4, 0.5) is 4.79 Å². The Morgan fingerprint density at radius 1 is 1.28 bits per heavy atom. The van der Waals surface area contributed by atoms with Gasteiger partial charge in [-0.1, -0.05) is 6.08 Å². The lowest BCUT2D eigenvalue weighted by molar-refractivity contribution is 0.195. The van der Waals surface area contributed by atoms with Crippen molar-refractivity contribution in [3.05, 3.63) is 36.2 Å². The highest BCUT2D eigenvalue weighted by Crippen LogP contribution is 2.44. The van der Waals surface area contributed by atoms with Crippen molar-refractivity contribution in [3.8, 4) is 0 Å². The Morgan fingerprint density at radius 2 is 2.08 bits per heavy atom. The highest BCUT2D eigenvalue weighted by Gasteiger charge is 2.42. The number of hydrogen-bond acceptors (Lipinski definition) is 2. The highest BCUT2D eigenvalue weighted by molar-refractivity contribution is 5.91. The molecular formula is C20H24N4O. The molecule has 0 spiro atoms. The second-order valence-corrected chi connectivity index (χ2v) is 7.68. The van der Waals surface area contributed by atoms with E-state index in [9.17, 15) is 4.79 Å². The van der Waals surface area contributed by atoms with Gasteiger partial charge < -0.3 is 15.2 Å².